The number of nitrogens with zero attached hydrogens (tertiary/aromatic N) is 2. The third-order valence-corrected chi connectivity index (χ3v) is 6.06. The Hall–Kier alpha value is -1.31. The molecule has 0 radical (unpaired) electrons. The molecule has 1 aliphatic carbocycles. The molecule has 1 aromatic rings. The van der Waals surface area contributed by atoms with Crippen molar-refractivity contribution in [1.29, 1.82) is 0 Å². The molecule has 0 heterocycles. The quantitative estimate of drug-likeness (QED) is 0.324. The van der Waals surface area contributed by atoms with Crippen molar-refractivity contribution < 1.29 is 4.79 Å². The Bertz CT molecular complexity index is 656. The molecule has 6 heteroatoms. The minimum atomic E-state index is 0. The third kappa shape index (κ3) is 8.15. The number of aliphatic imine (C=N–C) groups is 1. The van der Waals surface area contributed by atoms with E-state index in [2.05, 4.69) is 35.5 Å². The lowest BCUT2D eigenvalue weighted by Crippen LogP contribution is -2.46. The van der Waals surface area contributed by atoms with E-state index in [1.54, 1.807) is 19.0 Å². The fraction of sp³-hybridized carbons (Fsp3) is 0.652. The van der Waals surface area contributed by atoms with Crippen LogP contribution in [-0.4, -0.2) is 50.5 Å². The van der Waals surface area contributed by atoms with Crippen LogP contribution in [-0.2, 0) is 6.42 Å². The number of carbonyl (C=O) groups excluding carboxylic acids is 1. The molecule has 2 N–H and O–H groups in total. The van der Waals surface area contributed by atoms with Crippen LogP contribution >= 0.6 is 24.0 Å². The minimum Gasteiger partial charge on any atom is -0.356 e. The third-order valence-electron chi connectivity index (χ3n) is 6.06. The molecule has 1 fully saturated rings. The SMILES string of the molecule is CN=C(NCCc1cccc(C(=O)N(C)C)c1)NC(C)C(C)C1CCCCC1.I. The van der Waals surface area contributed by atoms with Crippen molar-refractivity contribution >= 4 is 35.8 Å². The van der Waals surface area contributed by atoms with E-state index in [9.17, 15) is 4.79 Å². The zero-order valence-corrected chi connectivity index (χ0v) is 21.0. The predicted octanol–water partition coefficient (Wildman–Crippen LogP) is 4.32. The standard InChI is InChI=1S/C23H38N4O.HI/c1-17(20-11-7-6-8-12-20)18(2)26-23(24-3)25-15-14-19-10-9-13-21(16-19)22(28)27(4)5;/h9-10,13,16-18,20H,6-8,11-12,14-15H2,1-5H3,(H2,24,25,26);1H. The highest BCUT2D eigenvalue weighted by Crippen LogP contribution is 2.31. The fourth-order valence-corrected chi connectivity index (χ4v) is 4.05. The van der Waals surface area contributed by atoms with Gasteiger partial charge < -0.3 is 15.5 Å². The largest absolute Gasteiger partial charge is 0.356 e. The summed E-state index contributed by atoms with van der Waals surface area (Å²) in [6.07, 6.45) is 7.73. The molecular weight excluding hydrogens is 475 g/mol. The molecule has 5 nitrogen and oxygen atoms in total. The summed E-state index contributed by atoms with van der Waals surface area (Å²) >= 11 is 0. The summed E-state index contributed by atoms with van der Waals surface area (Å²) in [5.41, 5.74) is 1.89. The summed E-state index contributed by atoms with van der Waals surface area (Å²) in [6, 6.07) is 8.27. The molecule has 2 rings (SSSR count). The van der Waals surface area contributed by atoms with E-state index in [0.29, 0.717) is 12.0 Å². The summed E-state index contributed by atoms with van der Waals surface area (Å²) in [5, 5.41) is 6.99. The van der Waals surface area contributed by atoms with Gasteiger partial charge in [0, 0.05) is 39.3 Å². The summed E-state index contributed by atoms with van der Waals surface area (Å²) < 4.78 is 0. The van der Waals surface area contributed by atoms with Crippen LogP contribution in [0.1, 0.15) is 61.9 Å². The second-order valence-corrected chi connectivity index (χ2v) is 8.34. The van der Waals surface area contributed by atoms with Gasteiger partial charge in [0.25, 0.3) is 5.91 Å². The monoisotopic (exact) mass is 514 g/mol. The van der Waals surface area contributed by atoms with Gasteiger partial charge in [-0.1, -0.05) is 51.2 Å². The number of hydrogen-bond acceptors (Lipinski definition) is 2. The van der Waals surface area contributed by atoms with E-state index >= 15 is 0 Å². The average molecular weight is 514 g/mol. The Morgan fingerprint density at radius 3 is 2.52 bits per heavy atom. The highest BCUT2D eigenvalue weighted by Gasteiger charge is 2.24. The first-order valence-corrected chi connectivity index (χ1v) is 10.7. The lowest BCUT2D eigenvalue weighted by Gasteiger charge is -2.32. The molecule has 0 spiro atoms. The maximum Gasteiger partial charge on any atom is 0.253 e. The van der Waals surface area contributed by atoms with E-state index in [4.69, 9.17) is 0 Å². The van der Waals surface area contributed by atoms with Crippen LogP contribution in [0.15, 0.2) is 29.3 Å². The van der Waals surface area contributed by atoms with Gasteiger partial charge in [-0.25, -0.2) is 0 Å². The van der Waals surface area contributed by atoms with Crippen LogP contribution in [0, 0.1) is 11.8 Å². The van der Waals surface area contributed by atoms with Crippen molar-refractivity contribution in [3.8, 4) is 0 Å². The lowest BCUT2D eigenvalue weighted by molar-refractivity contribution is 0.0827. The highest BCUT2D eigenvalue weighted by atomic mass is 127. The first kappa shape index (κ1) is 25.7. The topological polar surface area (TPSA) is 56.7 Å². The summed E-state index contributed by atoms with van der Waals surface area (Å²) in [5.74, 6) is 2.37. The molecule has 1 aliphatic rings. The van der Waals surface area contributed by atoms with Gasteiger partial charge in [-0.15, -0.1) is 24.0 Å². The smallest absolute Gasteiger partial charge is 0.253 e. The molecule has 0 aliphatic heterocycles. The highest BCUT2D eigenvalue weighted by molar-refractivity contribution is 14.0. The number of nitrogens with one attached hydrogen (secondary N) is 2. The molecule has 1 aromatic carbocycles. The molecule has 0 bridgehead atoms. The first-order chi connectivity index (χ1) is 13.4. The number of halogens is 1. The van der Waals surface area contributed by atoms with Gasteiger partial charge in [0.05, 0.1) is 0 Å². The number of carbonyl (C=O) groups is 1. The molecule has 1 amide bonds. The minimum absolute atomic E-state index is 0. The van der Waals surface area contributed by atoms with Crippen molar-refractivity contribution in [3.63, 3.8) is 0 Å². The molecule has 0 aromatic heterocycles. The van der Waals surface area contributed by atoms with Gasteiger partial charge in [-0.05, 0) is 42.9 Å². The summed E-state index contributed by atoms with van der Waals surface area (Å²) in [4.78, 5) is 18.1. The van der Waals surface area contributed by atoms with Crippen molar-refractivity contribution in [2.24, 2.45) is 16.8 Å². The number of benzene rings is 1. The van der Waals surface area contributed by atoms with Crippen LogP contribution in [0.3, 0.4) is 0 Å². The zero-order chi connectivity index (χ0) is 20.5. The van der Waals surface area contributed by atoms with E-state index in [1.807, 2.05) is 25.2 Å². The van der Waals surface area contributed by atoms with Crippen molar-refractivity contribution in [3.05, 3.63) is 35.4 Å². The van der Waals surface area contributed by atoms with E-state index < -0.39 is 0 Å². The molecule has 2 atom stereocenters. The predicted molar refractivity (Wildman–Crippen MR) is 133 cm³/mol. The van der Waals surface area contributed by atoms with Crippen LogP contribution in [0.5, 0.6) is 0 Å². The summed E-state index contributed by atoms with van der Waals surface area (Å²) in [6.45, 7) is 5.42. The van der Waals surface area contributed by atoms with Gasteiger partial charge >= 0.3 is 0 Å². The van der Waals surface area contributed by atoms with E-state index in [0.717, 1.165) is 36.0 Å². The zero-order valence-electron chi connectivity index (χ0n) is 18.7. The maximum atomic E-state index is 12.1. The number of rotatable bonds is 7. The average Bonchev–Trinajstić information content (AvgIpc) is 2.72. The Kier molecular flexibility index (Phi) is 11.6. The van der Waals surface area contributed by atoms with Gasteiger partial charge in [0.2, 0.25) is 0 Å². The van der Waals surface area contributed by atoms with Gasteiger partial charge in [-0.3, -0.25) is 9.79 Å². The molecular formula is C23H39IN4O. The summed E-state index contributed by atoms with van der Waals surface area (Å²) in [7, 11) is 5.38. The van der Waals surface area contributed by atoms with Crippen molar-refractivity contribution in [1.82, 2.24) is 15.5 Å². The fourth-order valence-electron chi connectivity index (χ4n) is 4.05. The van der Waals surface area contributed by atoms with E-state index in [1.165, 1.54) is 32.1 Å². The Morgan fingerprint density at radius 2 is 1.90 bits per heavy atom. The Labute approximate surface area is 194 Å². The molecule has 1 saturated carbocycles. The second-order valence-electron chi connectivity index (χ2n) is 8.34. The normalized spacial score (nSPS) is 17.1. The Balaban J connectivity index is 0.00000420. The van der Waals surface area contributed by atoms with Crippen molar-refractivity contribution in [2.75, 3.05) is 27.7 Å². The number of hydrogen-bond donors (Lipinski definition) is 2. The number of amides is 1. The van der Waals surface area contributed by atoms with Gasteiger partial charge in [-0.2, -0.15) is 0 Å². The van der Waals surface area contributed by atoms with Crippen LogP contribution in [0.25, 0.3) is 0 Å². The lowest BCUT2D eigenvalue weighted by atomic mass is 9.78. The first-order valence-electron chi connectivity index (χ1n) is 10.7. The molecule has 0 saturated heterocycles. The number of guanidine groups is 1. The van der Waals surface area contributed by atoms with Gasteiger partial charge in [0.15, 0.2) is 5.96 Å². The van der Waals surface area contributed by atoms with Crippen LogP contribution in [0.2, 0.25) is 0 Å². The van der Waals surface area contributed by atoms with Crippen LogP contribution in [0.4, 0.5) is 0 Å². The van der Waals surface area contributed by atoms with Crippen LogP contribution < -0.4 is 10.6 Å². The molecule has 2 unspecified atom stereocenters. The Morgan fingerprint density at radius 1 is 1.21 bits per heavy atom. The maximum absolute atomic E-state index is 12.1. The second kappa shape index (κ2) is 13.1. The van der Waals surface area contributed by atoms with Crippen molar-refractivity contribution in [2.45, 2.75) is 58.4 Å². The molecule has 164 valence electrons. The van der Waals surface area contributed by atoms with E-state index in [-0.39, 0.29) is 29.9 Å². The van der Waals surface area contributed by atoms with Gasteiger partial charge in [0.1, 0.15) is 0 Å². The molecule has 29 heavy (non-hydrogen) atoms.